The Kier molecular flexibility index (Phi) is 4.64. The number of fused-ring (bicyclic) bond motifs is 1. The maximum absolute atomic E-state index is 12.7. The fourth-order valence-corrected chi connectivity index (χ4v) is 4.73. The topological polar surface area (TPSA) is 110 Å². The zero-order valence-corrected chi connectivity index (χ0v) is 18.6. The highest BCUT2D eigenvalue weighted by atomic mass is 16.5. The van der Waals surface area contributed by atoms with Crippen molar-refractivity contribution in [1.29, 1.82) is 0 Å². The molecule has 0 aromatic carbocycles. The monoisotopic (exact) mass is 447 g/mol. The predicted octanol–water partition coefficient (Wildman–Crippen LogP) is 1.90. The quantitative estimate of drug-likeness (QED) is 0.509. The lowest BCUT2D eigenvalue weighted by molar-refractivity contribution is -0.117. The van der Waals surface area contributed by atoms with Gasteiger partial charge in [0, 0.05) is 44.4 Å². The first-order chi connectivity index (χ1) is 16.1. The number of hydrogen-bond donors (Lipinski definition) is 1. The first kappa shape index (κ1) is 19.9. The molecule has 11 heteroatoms. The van der Waals surface area contributed by atoms with Crippen molar-refractivity contribution in [3.05, 3.63) is 30.6 Å². The van der Waals surface area contributed by atoms with Gasteiger partial charge in [0.25, 0.3) is 0 Å². The van der Waals surface area contributed by atoms with E-state index in [1.54, 1.807) is 22.0 Å². The highest BCUT2D eigenvalue weighted by molar-refractivity contribution is 6.08. The van der Waals surface area contributed by atoms with Crippen LogP contribution in [0.3, 0.4) is 0 Å². The van der Waals surface area contributed by atoms with Crippen molar-refractivity contribution < 1.29 is 9.53 Å². The molecule has 0 saturated carbocycles. The number of morpholine rings is 1. The van der Waals surface area contributed by atoms with Crippen LogP contribution in [0.25, 0.3) is 28.1 Å². The molecule has 1 atom stereocenters. The third kappa shape index (κ3) is 3.18. The van der Waals surface area contributed by atoms with Gasteiger partial charge in [-0.25, -0.2) is 4.98 Å². The number of hydrogen-bond acceptors (Lipinski definition) is 7. The van der Waals surface area contributed by atoms with Crippen molar-refractivity contribution in [2.45, 2.75) is 25.8 Å². The summed E-state index contributed by atoms with van der Waals surface area (Å²) in [6, 6.07) is 6.10. The second-order valence-electron chi connectivity index (χ2n) is 8.51. The van der Waals surface area contributed by atoms with Crippen molar-refractivity contribution in [2.75, 3.05) is 36.1 Å². The summed E-state index contributed by atoms with van der Waals surface area (Å²) in [5, 5.41) is 17.2. The Balaban J connectivity index is 1.67. The van der Waals surface area contributed by atoms with E-state index < -0.39 is 0 Å². The van der Waals surface area contributed by atoms with Crippen LogP contribution in [0.4, 0.5) is 11.6 Å². The molecular formula is C22H25N9O2. The van der Waals surface area contributed by atoms with E-state index in [4.69, 9.17) is 14.8 Å². The molecule has 2 aliphatic heterocycles. The van der Waals surface area contributed by atoms with Gasteiger partial charge in [0.05, 0.1) is 36.5 Å². The summed E-state index contributed by atoms with van der Waals surface area (Å²) >= 11 is 0. The van der Waals surface area contributed by atoms with Crippen LogP contribution in [0.1, 0.15) is 19.8 Å². The number of aromatic amines is 1. The molecule has 11 nitrogen and oxygen atoms in total. The Morgan fingerprint density at radius 3 is 2.82 bits per heavy atom. The number of nitrogens with zero attached hydrogens (tertiary/aromatic N) is 8. The summed E-state index contributed by atoms with van der Waals surface area (Å²) in [6.07, 6.45) is 4.80. The maximum Gasteiger partial charge on any atom is 0.228 e. The normalized spacial score (nSPS) is 19.2. The number of nitrogens with one attached hydrogen (secondary N) is 1. The van der Waals surface area contributed by atoms with E-state index in [0.29, 0.717) is 43.5 Å². The number of rotatable bonds is 4. The second kappa shape index (κ2) is 7.69. The highest BCUT2D eigenvalue weighted by Gasteiger charge is 2.31. The van der Waals surface area contributed by atoms with Crippen LogP contribution in [-0.4, -0.2) is 73.0 Å². The van der Waals surface area contributed by atoms with E-state index in [2.05, 4.69) is 33.2 Å². The minimum Gasteiger partial charge on any atom is -0.377 e. The van der Waals surface area contributed by atoms with Gasteiger partial charge in [-0.3, -0.25) is 19.5 Å². The summed E-state index contributed by atoms with van der Waals surface area (Å²) in [4.78, 5) is 21.8. The molecule has 0 bridgehead atoms. The Bertz CT molecular complexity index is 1320. The number of carbonyl (C=O) groups is 1. The van der Waals surface area contributed by atoms with Gasteiger partial charge in [-0.2, -0.15) is 14.9 Å². The number of H-pyrrole nitrogens is 1. The van der Waals surface area contributed by atoms with Crippen LogP contribution in [0, 0.1) is 0 Å². The molecule has 0 radical (unpaired) electrons. The van der Waals surface area contributed by atoms with Crippen molar-refractivity contribution >= 4 is 28.6 Å². The Labute approximate surface area is 189 Å². The molecule has 6 heterocycles. The molecule has 0 unspecified atom stereocenters. The van der Waals surface area contributed by atoms with Crippen molar-refractivity contribution in [3.8, 4) is 17.1 Å². The minimum atomic E-state index is 0.0768. The Morgan fingerprint density at radius 2 is 2.12 bits per heavy atom. The van der Waals surface area contributed by atoms with Gasteiger partial charge in [-0.1, -0.05) is 0 Å². The van der Waals surface area contributed by atoms with E-state index in [1.807, 2.05) is 23.9 Å². The molecule has 0 aliphatic carbocycles. The first-order valence-electron chi connectivity index (χ1n) is 11.2. The molecule has 0 spiro atoms. The van der Waals surface area contributed by atoms with Crippen LogP contribution in [0.2, 0.25) is 0 Å². The lowest BCUT2D eigenvalue weighted by Crippen LogP contribution is -2.44. The summed E-state index contributed by atoms with van der Waals surface area (Å²) in [5.41, 5.74) is 2.54. The van der Waals surface area contributed by atoms with Gasteiger partial charge < -0.3 is 9.64 Å². The summed E-state index contributed by atoms with van der Waals surface area (Å²) in [7, 11) is 1.92. The predicted molar refractivity (Wildman–Crippen MR) is 122 cm³/mol. The number of aryl methyl sites for hydroxylation is 1. The Morgan fingerprint density at radius 1 is 1.21 bits per heavy atom. The summed E-state index contributed by atoms with van der Waals surface area (Å²) in [6.45, 7) is 4.82. The van der Waals surface area contributed by atoms with Crippen molar-refractivity contribution in [1.82, 2.24) is 34.7 Å². The molecule has 4 aromatic heterocycles. The van der Waals surface area contributed by atoms with Gasteiger partial charge in [0.2, 0.25) is 5.91 Å². The van der Waals surface area contributed by atoms with Gasteiger partial charge >= 0.3 is 0 Å². The number of anilines is 2. The lowest BCUT2D eigenvalue weighted by atomic mass is 10.1. The standard InChI is InChI=1S/C22H25N9O2/c1-14-13-33-11-10-29(14)18-12-15(16-5-8-24-28(16)2)20-21(25-18)31(17-6-7-23-26-17)27-22(20)30-9-3-4-19(30)32/h5-8,12,14H,3-4,9-11,13H2,1-2H3,(H,23,26)/t14-/m1/s1. The average Bonchev–Trinajstić information content (AvgIpc) is 3.60. The fraction of sp³-hybridized carbons (Fsp3) is 0.409. The largest absolute Gasteiger partial charge is 0.377 e. The number of carbonyl (C=O) groups excluding carboxylic acids is 1. The van der Waals surface area contributed by atoms with Gasteiger partial charge in [-0.05, 0) is 25.5 Å². The molecule has 2 saturated heterocycles. The Hall–Kier alpha value is -3.73. The number of aromatic nitrogens is 7. The SMILES string of the molecule is C[C@@H]1COCCN1c1cc(-c2ccnn2C)c2c(N3CCCC3=O)nn(-c3ccn[nH]3)c2n1. The molecule has 4 aromatic rings. The number of ether oxygens (including phenoxy) is 1. The van der Waals surface area contributed by atoms with E-state index >= 15 is 0 Å². The third-order valence-corrected chi connectivity index (χ3v) is 6.41. The summed E-state index contributed by atoms with van der Waals surface area (Å²) < 4.78 is 9.24. The van der Waals surface area contributed by atoms with Crippen molar-refractivity contribution in [3.63, 3.8) is 0 Å². The van der Waals surface area contributed by atoms with Gasteiger partial charge in [0.1, 0.15) is 5.82 Å². The fourth-order valence-electron chi connectivity index (χ4n) is 4.73. The van der Waals surface area contributed by atoms with E-state index in [9.17, 15) is 4.79 Å². The molecule has 1 N–H and O–H groups in total. The van der Waals surface area contributed by atoms with E-state index in [1.165, 1.54) is 0 Å². The van der Waals surface area contributed by atoms with Crippen LogP contribution in [0.15, 0.2) is 30.6 Å². The first-order valence-corrected chi connectivity index (χ1v) is 11.2. The minimum absolute atomic E-state index is 0.0768. The zero-order chi connectivity index (χ0) is 22.5. The van der Waals surface area contributed by atoms with Gasteiger partial charge in [0.15, 0.2) is 17.3 Å². The van der Waals surface area contributed by atoms with Crippen LogP contribution in [-0.2, 0) is 16.6 Å². The average molecular weight is 448 g/mol. The van der Waals surface area contributed by atoms with Crippen molar-refractivity contribution in [2.24, 2.45) is 7.05 Å². The molecular weight excluding hydrogens is 422 g/mol. The summed E-state index contributed by atoms with van der Waals surface area (Å²) in [5.74, 6) is 2.23. The number of pyridine rings is 1. The maximum atomic E-state index is 12.7. The van der Waals surface area contributed by atoms with E-state index in [0.717, 1.165) is 35.4 Å². The third-order valence-electron chi connectivity index (χ3n) is 6.41. The zero-order valence-electron chi connectivity index (χ0n) is 18.6. The van der Waals surface area contributed by atoms with Gasteiger partial charge in [-0.15, -0.1) is 5.10 Å². The van der Waals surface area contributed by atoms with Crippen LogP contribution in [0.5, 0.6) is 0 Å². The molecule has 2 fully saturated rings. The van der Waals surface area contributed by atoms with Crippen LogP contribution >= 0.6 is 0 Å². The smallest absolute Gasteiger partial charge is 0.228 e. The molecule has 1 amide bonds. The van der Waals surface area contributed by atoms with Crippen LogP contribution < -0.4 is 9.80 Å². The molecule has 6 rings (SSSR count). The molecule has 2 aliphatic rings. The lowest BCUT2D eigenvalue weighted by Gasteiger charge is -2.34. The number of amides is 1. The highest BCUT2D eigenvalue weighted by Crippen LogP contribution is 2.39. The second-order valence-corrected chi connectivity index (χ2v) is 8.51. The molecule has 170 valence electrons. The molecule has 33 heavy (non-hydrogen) atoms. The van der Waals surface area contributed by atoms with E-state index in [-0.39, 0.29) is 11.9 Å².